The van der Waals surface area contributed by atoms with Gasteiger partial charge in [-0.05, 0) is 70.6 Å². The van der Waals surface area contributed by atoms with E-state index in [2.05, 4.69) is 43.5 Å². The van der Waals surface area contributed by atoms with E-state index >= 15 is 0 Å². The fraction of sp³-hybridized carbons (Fsp3) is 0.875. The van der Waals surface area contributed by atoms with E-state index in [-0.39, 0.29) is 18.5 Å². The second kappa shape index (κ2) is 53.9. The first-order valence-corrected chi connectivity index (χ1v) is 31.8. The van der Waals surface area contributed by atoms with Gasteiger partial charge in [0.1, 0.15) is 24.4 Å². The van der Waals surface area contributed by atoms with Crippen LogP contribution in [0.2, 0.25) is 0 Å². The van der Waals surface area contributed by atoms with Gasteiger partial charge in [-0.3, -0.25) is 9.59 Å². The first kappa shape index (κ1) is 70.9. The van der Waals surface area contributed by atoms with E-state index in [4.69, 9.17) is 14.2 Å². The van der Waals surface area contributed by atoms with Crippen LogP contribution in [0.4, 0.5) is 0 Å². The molecule has 1 saturated heterocycles. The topological polar surface area (TPSA) is 175 Å². The van der Waals surface area contributed by atoms with Crippen molar-refractivity contribution >= 4 is 11.9 Å². The summed E-state index contributed by atoms with van der Waals surface area (Å²) < 4.78 is 16.7. The Hall–Kier alpha value is -2.12. The minimum absolute atomic E-state index is 0.00474. The number of aliphatic hydroxyl groups is 5. The zero-order chi connectivity index (χ0) is 54.5. The minimum atomic E-state index is -1.58. The molecular weight excluding hydrogens is 943 g/mol. The summed E-state index contributed by atoms with van der Waals surface area (Å²) in [5.41, 5.74) is 0. The Balaban J connectivity index is 1.97. The summed E-state index contributed by atoms with van der Waals surface area (Å²) >= 11 is 0. The first-order valence-electron chi connectivity index (χ1n) is 31.8. The number of rotatable bonds is 55. The minimum Gasteiger partial charge on any atom is -0.466 e. The second-order valence-corrected chi connectivity index (χ2v) is 22.1. The number of hydrogen-bond acceptors (Lipinski definition) is 10. The Morgan fingerprint density at radius 2 is 0.867 bits per heavy atom. The van der Waals surface area contributed by atoms with E-state index in [1.165, 1.54) is 212 Å². The van der Waals surface area contributed by atoms with Gasteiger partial charge in [-0.1, -0.05) is 249 Å². The summed E-state index contributed by atoms with van der Waals surface area (Å²) in [5.74, 6) is -0.190. The number of carbonyl (C=O) groups is 2. The molecule has 0 aliphatic carbocycles. The summed E-state index contributed by atoms with van der Waals surface area (Å²) in [7, 11) is 0. The van der Waals surface area contributed by atoms with Crippen molar-refractivity contribution in [2.24, 2.45) is 0 Å². The molecule has 1 fully saturated rings. The van der Waals surface area contributed by atoms with Crippen molar-refractivity contribution < 1.29 is 49.3 Å². The smallest absolute Gasteiger partial charge is 0.305 e. The molecule has 0 radical (unpaired) electrons. The molecular formula is C64H119NO10. The van der Waals surface area contributed by atoms with Crippen molar-refractivity contribution in [1.82, 2.24) is 5.32 Å². The van der Waals surface area contributed by atoms with Gasteiger partial charge in [0, 0.05) is 12.8 Å². The number of nitrogens with one attached hydrogen (secondary N) is 1. The molecule has 0 bridgehead atoms. The lowest BCUT2D eigenvalue weighted by atomic mass is 9.99. The first-order chi connectivity index (χ1) is 36.7. The van der Waals surface area contributed by atoms with Gasteiger partial charge in [0.15, 0.2) is 6.29 Å². The van der Waals surface area contributed by atoms with Crippen molar-refractivity contribution in [1.29, 1.82) is 0 Å². The van der Waals surface area contributed by atoms with Gasteiger partial charge in [0.25, 0.3) is 0 Å². The SMILES string of the molecule is CCCCC/C=C/CC/C=C/C(O)C(COC1OC(CO)C(O)C(O)C1O)NC(=O)CCCCCCCCCCCCC/C=C\CCCCCCCCCCCCCCOC(=O)CCCCCCCCCCCCC. The second-order valence-electron chi connectivity index (χ2n) is 22.1. The van der Waals surface area contributed by atoms with Crippen LogP contribution < -0.4 is 5.32 Å². The zero-order valence-electron chi connectivity index (χ0n) is 48.5. The third kappa shape index (κ3) is 43.4. The van der Waals surface area contributed by atoms with Crippen LogP contribution in [0.3, 0.4) is 0 Å². The summed E-state index contributed by atoms with van der Waals surface area (Å²) in [5, 5.41) is 54.2. The molecule has 11 heteroatoms. The molecule has 0 spiro atoms. The predicted octanol–water partition coefficient (Wildman–Crippen LogP) is 15.1. The van der Waals surface area contributed by atoms with E-state index in [1.807, 2.05) is 6.08 Å². The Kier molecular flexibility index (Phi) is 50.9. The highest BCUT2D eigenvalue weighted by molar-refractivity contribution is 5.76. The molecule has 440 valence electrons. The lowest BCUT2D eigenvalue weighted by molar-refractivity contribution is -0.302. The van der Waals surface area contributed by atoms with E-state index in [9.17, 15) is 35.1 Å². The molecule has 7 unspecified atom stereocenters. The van der Waals surface area contributed by atoms with Crippen LogP contribution in [-0.2, 0) is 23.8 Å². The maximum atomic E-state index is 13.0. The molecule has 11 nitrogen and oxygen atoms in total. The zero-order valence-corrected chi connectivity index (χ0v) is 48.5. The van der Waals surface area contributed by atoms with Gasteiger partial charge in [0.05, 0.1) is 32.0 Å². The fourth-order valence-corrected chi connectivity index (χ4v) is 9.92. The number of unbranched alkanes of at least 4 members (excludes halogenated alkanes) is 37. The van der Waals surface area contributed by atoms with Gasteiger partial charge in [0.2, 0.25) is 5.91 Å². The molecule has 6 N–H and O–H groups in total. The third-order valence-electron chi connectivity index (χ3n) is 15.0. The molecule has 1 rings (SSSR count). The lowest BCUT2D eigenvalue weighted by Gasteiger charge is -2.40. The lowest BCUT2D eigenvalue weighted by Crippen LogP contribution is -2.60. The summed E-state index contributed by atoms with van der Waals surface area (Å²) in [6.07, 6.45) is 57.1. The van der Waals surface area contributed by atoms with Crippen molar-refractivity contribution in [3.8, 4) is 0 Å². The van der Waals surface area contributed by atoms with Gasteiger partial charge in [-0.15, -0.1) is 0 Å². The third-order valence-corrected chi connectivity index (χ3v) is 15.0. The van der Waals surface area contributed by atoms with E-state index in [1.54, 1.807) is 6.08 Å². The Labute approximate surface area is 460 Å². The Morgan fingerprint density at radius 1 is 0.480 bits per heavy atom. The van der Waals surface area contributed by atoms with Crippen LogP contribution >= 0.6 is 0 Å². The van der Waals surface area contributed by atoms with E-state index < -0.39 is 49.5 Å². The molecule has 0 aromatic rings. The number of amides is 1. The van der Waals surface area contributed by atoms with Crippen LogP contribution in [0.1, 0.15) is 296 Å². The normalized spacial score (nSPS) is 18.9. The summed E-state index contributed by atoms with van der Waals surface area (Å²) in [6.45, 7) is 4.28. The molecule has 7 atom stereocenters. The number of allylic oxidation sites excluding steroid dienone is 5. The molecule has 1 amide bonds. The van der Waals surface area contributed by atoms with Crippen molar-refractivity contribution in [3.05, 3.63) is 36.5 Å². The molecule has 0 saturated carbocycles. The van der Waals surface area contributed by atoms with Gasteiger partial charge < -0.3 is 45.1 Å². The molecule has 0 aromatic carbocycles. The largest absolute Gasteiger partial charge is 0.466 e. The number of ether oxygens (including phenoxy) is 3. The highest BCUT2D eigenvalue weighted by Crippen LogP contribution is 2.23. The molecule has 1 aliphatic rings. The van der Waals surface area contributed by atoms with Crippen LogP contribution in [0.5, 0.6) is 0 Å². The van der Waals surface area contributed by atoms with E-state index in [0.717, 1.165) is 57.8 Å². The van der Waals surface area contributed by atoms with Crippen molar-refractivity contribution in [2.75, 3.05) is 19.8 Å². The fourth-order valence-electron chi connectivity index (χ4n) is 9.92. The number of hydrogen-bond donors (Lipinski definition) is 6. The molecule has 75 heavy (non-hydrogen) atoms. The average Bonchev–Trinajstić information content (AvgIpc) is 3.41. The van der Waals surface area contributed by atoms with E-state index in [0.29, 0.717) is 19.4 Å². The summed E-state index contributed by atoms with van der Waals surface area (Å²) in [6, 6.07) is -0.826. The predicted molar refractivity (Wildman–Crippen MR) is 311 cm³/mol. The average molecular weight is 1060 g/mol. The van der Waals surface area contributed by atoms with Gasteiger partial charge >= 0.3 is 5.97 Å². The standard InChI is InChI=1S/C64H119NO10/c1-3-5-7-9-11-13-31-36-40-44-48-52-60(69)73-53-49-45-41-37-33-30-28-26-24-22-20-18-16-14-15-17-19-21-23-25-27-29-32-35-39-43-47-51-59(68)65-56(57(67)50-46-42-38-34-12-10-8-6-4-2)55-74-64-63(72)62(71)61(70)58(54-66)75-64/h12,14-15,34,46,50,56-58,61-64,66-67,70-72H,3-11,13,16-33,35-45,47-49,51-55H2,1-2H3,(H,65,68)/b15-14-,34-12+,50-46+. The number of carbonyl (C=O) groups excluding carboxylic acids is 2. The summed E-state index contributed by atoms with van der Waals surface area (Å²) in [4.78, 5) is 25.0. The van der Waals surface area contributed by atoms with Crippen LogP contribution in [0, 0.1) is 0 Å². The van der Waals surface area contributed by atoms with Gasteiger partial charge in [-0.25, -0.2) is 0 Å². The monoisotopic (exact) mass is 1060 g/mol. The van der Waals surface area contributed by atoms with Crippen LogP contribution in [0.15, 0.2) is 36.5 Å². The highest BCUT2D eigenvalue weighted by Gasteiger charge is 2.44. The maximum Gasteiger partial charge on any atom is 0.305 e. The molecule has 1 aliphatic heterocycles. The highest BCUT2D eigenvalue weighted by atomic mass is 16.7. The Bertz CT molecular complexity index is 1340. The number of aliphatic hydroxyl groups excluding tert-OH is 5. The number of esters is 1. The van der Waals surface area contributed by atoms with Crippen molar-refractivity contribution in [3.63, 3.8) is 0 Å². The quantitative estimate of drug-likeness (QED) is 0.0195. The molecule has 0 aromatic heterocycles. The van der Waals surface area contributed by atoms with Crippen molar-refractivity contribution in [2.45, 2.75) is 339 Å². The van der Waals surface area contributed by atoms with Crippen LogP contribution in [0.25, 0.3) is 0 Å². The maximum absolute atomic E-state index is 13.0. The Morgan fingerprint density at radius 3 is 1.35 bits per heavy atom. The molecule has 1 heterocycles. The van der Waals surface area contributed by atoms with Crippen LogP contribution in [-0.4, -0.2) is 100 Å². The van der Waals surface area contributed by atoms with Gasteiger partial charge in [-0.2, -0.15) is 0 Å².